The van der Waals surface area contributed by atoms with Gasteiger partial charge in [-0.25, -0.2) is 0 Å². The fourth-order valence-electron chi connectivity index (χ4n) is 1.72. The van der Waals surface area contributed by atoms with Gasteiger partial charge in [0.25, 0.3) is 0 Å². The first kappa shape index (κ1) is 5.33. The van der Waals surface area contributed by atoms with Crippen molar-refractivity contribution in [1.29, 1.82) is 0 Å². The Bertz CT molecular complexity index is 129. The van der Waals surface area contributed by atoms with Crippen LogP contribution in [0, 0.1) is 12.1 Å². The van der Waals surface area contributed by atoms with E-state index in [1.165, 1.54) is 32.4 Å². The van der Waals surface area contributed by atoms with Crippen LogP contribution in [0.1, 0.15) is 19.3 Å². The first-order valence-corrected chi connectivity index (χ1v) is 3.78. The van der Waals surface area contributed by atoms with Crippen LogP contribution in [0.2, 0.25) is 0 Å². The van der Waals surface area contributed by atoms with Gasteiger partial charge in [0.1, 0.15) is 0 Å². The van der Waals surface area contributed by atoms with Crippen LogP contribution in [-0.4, -0.2) is 18.0 Å². The molecular weight excluding hydrogens is 110 g/mol. The number of nitrogens with zero attached hydrogens (tertiary/aromatic N) is 1. The van der Waals surface area contributed by atoms with E-state index in [9.17, 15) is 0 Å². The number of hydrogen-bond acceptors (Lipinski definition) is 1. The van der Waals surface area contributed by atoms with E-state index in [4.69, 9.17) is 0 Å². The number of fused-ring (bicyclic) bond motifs is 2. The van der Waals surface area contributed by atoms with Crippen LogP contribution in [0.15, 0.2) is 6.08 Å². The summed E-state index contributed by atoms with van der Waals surface area (Å²) < 4.78 is 0. The lowest BCUT2D eigenvalue weighted by molar-refractivity contribution is 0.208. The Kier molecular flexibility index (Phi) is 1.22. The summed E-state index contributed by atoms with van der Waals surface area (Å²) in [6, 6.07) is 0. The second-order valence-electron chi connectivity index (χ2n) is 3.02. The molecule has 2 aliphatic heterocycles. The Morgan fingerprint density at radius 1 is 1.56 bits per heavy atom. The van der Waals surface area contributed by atoms with Gasteiger partial charge >= 0.3 is 0 Å². The average molecular weight is 122 g/mol. The summed E-state index contributed by atoms with van der Waals surface area (Å²) in [5.74, 6) is 0.958. The maximum atomic E-state index is 3.26. The lowest BCUT2D eigenvalue weighted by Crippen LogP contribution is -2.33. The van der Waals surface area contributed by atoms with Gasteiger partial charge in [0.15, 0.2) is 0 Å². The molecule has 1 nitrogen and oxygen atoms in total. The molecule has 0 amide bonds. The Labute approximate surface area is 56.4 Å². The van der Waals surface area contributed by atoms with Gasteiger partial charge in [-0.1, -0.05) is 6.08 Å². The third-order valence-electron chi connectivity index (χ3n) is 2.24. The Morgan fingerprint density at radius 2 is 2.56 bits per heavy atom. The monoisotopic (exact) mass is 122 g/mol. The smallest absolute Gasteiger partial charge is 0.0560 e. The fourth-order valence-corrected chi connectivity index (χ4v) is 1.72. The molecule has 0 aromatic rings. The normalized spacial score (nSPS) is 32.9. The van der Waals surface area contributed by atoms with E-state index in [0.29, 0.717) is 0 Å². The van der Waals surface area contributed by atoms with Crippen molar-refractivity contribution in [3.05, 3.63) is 12.3 Å². The van der Waals surface area contributed by atoms with Crippen molar-refractivity contribution in [2.24, 2.45) is 5.92 Å². The maximum Gasteiger partial charge on any atom is 0.0560 e. The van der Waals surface area contributed by atoms with Crippen LogP contribution < -0.4 is 0 Å². The summed E-state index contributed by atoms with van der Waals surface area (Å²) in [4.78, 5) is 2.32. The SMILES string of the molecule is [C]1=CCC2CCCN1C2. The van der Waals surface area contributed by atoms with Gasteiger partial charge in [-0.05, 0) is 25.2 Å². The van der Waals surface area contributed by atoms with Crippen molar-refractivity contribution in [3.63, 3.8) is 0 Å². The summed E-state index contributed by atoms with van der Waals surface area (Å²) in [7, 11) is 0. The third-order valence-corrected chi connectivity index (χ3v) is 2.24. The van der Waals surface area contributed by atoms with Crippen LogP contribution >= 0.6 is 0 Å². The van der Waals surface area contributed by atoms with Crippen LogP contribution in [0.3, 0.4) is 0 Å². The highest BCUT2D eigenvalue weighted by molar-refractivity contribution is 4.89. The van der Waals surface area contributed by atoms with Gasteiger partial charge in [-0.3, -0.25) is 0 Å². The second-order valence-corrected chi connectivity index (χ2v) is 3.02. The van der Waals surface area contributed by atoms with Crippen molar-refractivity contribution in [2.75, 3.05) is 13.1 Å². The Hall–Kier alpha value is -0.460. The molecule has 2 aliphatic rings. The molecule has 9 heavy (non-hydrogen) atoms. The zero-order valence-electron chi connectivity index (χ0n) is 5.64. The second kappa shape index (κ2) is 2.05. The first-order valence-electron chi connectivity index (χ1n) is 3.78. The lowest BCUT2D eigenvalue weighted by atomic mass is 9.93. The van der Waals surface area contributed by atoms with E-state index < -0.39 is 0 Å². The van der Waals surface area contributed by atoms with Crippen LogP contribution in [0.5, 0.6) is 0 Å². The summed E-state index contributed by atoms with van der Waals surface area (Å²) in [6.07, 6.45) is 9.54. The van der Waals surface area contributed by atoms with Crippen LogP contribution in [0.25, 0.3) is 0 Å². The third kappa shape index (κ3) is 0.958. The molecule has 0 aromatic heterocycles. The molecule has 1 atom stereocenters. The van der Waals surface area contributed by atoms with Gasteiger partial charge in [-0.2, -0.15) is 0 Å². The van der Waals surface area contributed by atoms with Gasteiger partial charge in [-0.15, -0.1) is 0 Å². The summed E-state index contributed by atoms with van der Waals surface area (Å²) in [5.41, 5.74) is 0. The molecule has 1 fully saturated rings. The molecule has 0 saturated carbocycles. The highest BCUT2D eigenvalue weighted by Crippen LogP contribution is 2.23. The van der Waals surface area contributed by atoms with E-state index in [1.807, 2.05) is 0 Å². The average Bonchev–Trinajstić information content (AvgIpc) is 1.88. The molecule has 2 rings (SSSR count). The molecule has 2 heterocycles. The molecule has 1 radical (unpaired) electrons. The van der Waals surface area contributed by atoms with E-state index in [0.717, 1.165) is 5.92 Å². The van der Waals surface area contributed by atoms with Crippen LogP contribution in [0.4, 0.5) is 0 Å². The molecule has 1 saturated heterocycles. The molecule has 1 unspecified atom stereocenters. The largest absolute Gasteiger partial charge is 0.370 e. The summed E-state index contributed by atoms with van der Waals surface area (Å²) >= 11 is 0. The van der Waals surface area contributed by atoms with E-state index in [2.05, 4.69) is 17.2 Å². The van der Waals surface area contributed by atoms with Crippen molar-refractivity contribution in [1.82, 2.24) is 4.90 Å². The van der Waals surface area contributed by atoms with Gasteiger partial charge < -0.3 is 4.90 Å². The zero-order chi connectivity index (χ0) is 6.10. The molecular formula is C8H12N. The van der Waals surface area contributed by atoms with Crippen LogP contribution in [-0.2, 0) is 0 Å². The number of rotatable bonds is 0. The summed E-state index contributed by atoms with van der Waals surface area (Å²) in [5, 5.41) is 0. The standard InChI is InChI=1S/C8H12N/c1-3-8-4-2-6-9(5-1)7-8/h1,8H,2-4,6-7H2. The van der Waals surface area contributed by atoms with E-state index >= 15 is 0 Å². The predicted octanol–water partition coefficient (Wildman–Crippen LogP) is 1.42. The molecule has 0 aliphatic carbocycles. The number of allylic oxidation sites excluding steroid dienone is 1. The molecule has 0 spiro atoms. The van der Waals surface area contributed by atoms with Gasteiger partial charge in [0, 0.05) is 13.1 Å². The lowest BCUT2D eigenvalue weighted by Gasteiger charge is -2.33. The highest BCUT2D eigenvalue weighted by Gasteiger charge is 2.19. The van der Waals surface area contributed by atoms with Gasteiger partial charge in [0.05, 0.1) is 6.20 Å². The van der Waals surface area contributed by atoms with Crippen molar-refractivity contribution < 1.29 is 0 Å². The van der Waals surface area contributed by atoms with E-state index in [-0.39, 0.29) is 0 Å². The van der Waals surface area contributed by atoms with Crippen molar-refractivity contribution in [3.8, 4) is 0 Å². The maximum absolute atomic E-state index is 3.26. The quantitative estimate of drug-likeness (QED) is 0.469. The van der Waals surface area contributed by atoms with Crippen molar-refractivity contribution in [2.45, 2.75) is 19.3 Å². The Balaban J connectivity index is 2.09. The highest BCUT2D eigenvalue weighted by atomic mass is 15.1. The Morgan fingerprint density at radius 3 is 3.33 bits per heavy atom. The predicted molar refractivity (Wildman–Crippen MR) is 36.7 cm³/mol. The number of hydrogen-bond donors (Lipinski definition) is 0. The minimum absolute atomic E-state index is 0.958. The topological polar surface area (TPSA) is 3.24 Å². The van der Waals surface area contributed by atoms with Crippen molar-refractivity contribution >= 4 is 0 Å². The molecule has 0 N–H and O–H groups in total. The van der Waals surface area contributed by atoms with E-state index in [1.54, 1.807) is 0 Å². The molecule has 49 valence electrons. The minimum atomic E-state index is 0.958. The molecule has 2 bridgehead atoms. The fraction of sp³-hybridized carbons (Fsp3) is 0.750. The summed E-state index contributed by atoms with van der Waals surface area (Å²) in [6.45, 7) is 2.52. The molecule has 1 heteroatoms. The molecule has 0 aromatic carbocycles. The van der Waals surface area contributed by atoms with Gasteiger partial charge in [0.2, 0.25) is 0 Å². The number of piperidine rings is 1. The first-order chi connectivity index (χ1) is 4.45. The minimum Gasteiger partial charge on any atom is -0.370 e. The zero-order valence-corrected chi connectivity index (χ0v) is 5.64.